The molecule has 3 aliphatic heterocycles. The molecular formula is C15H24O6. The molecule has 0 aromatic carbocycles. The van der Waals surface area contributed by atoms with Gasteiger partial charge in [-0.05, 0) is 27.7 Å². The Hall–Kier alpha value is -0.500. The van der Waals surface area contributed by atoms with Gasteiger partial charge in [0.25, 0.3) is 0 Å². The second kappa shape index (κ2) is 5.30. The van der Waals surface area contributed by atoms with Crippen molar-refractivity contribution in [3.05, 3.63) is 12.7 Å². The smallest absolute Gasteiger partial charge is 0.190 e. The first-order valence-electron chi connectivity index (χ1n) is 7.37. The summed E-state index contributed by atoms with van der Waals surface area (Å²) in [5.41, 5.74) is 0. The average Bonchev–Trinajstić information content (AvgIpc) is 2.96. The molecule has 0 amide bonds. The van der Waals surface area contributed by atoms with Gasteiger partial charge in [0.15, 0.2) is 17.9 Å². The first kappa shape index (κ1) is 15.4. The van der Waals surface area contributed by atoms with E-state index in [9.17, 15) is 0 Å². The third-order valence-corrected chi connectivity index (χ3v) is 3.83. The number of fused-ring (bicyclic) bond motifs is 1. The van der Waals surface area contributed by atoms with Crippen molar-refractivity contribution < 1.29 is 28.4 Å². The van der Waals surface area contributed by atoms with Gasteiger partial charge in [-0.15, -0.1) is 6.58 Å². The highest BCUT2D eigenvalue weighted by molar-refractivity contribution is 4.99. The van der Waals surface area contributed by atoms with E-state index >= 15 is 0 Å². The third kappa shape index (κ3) is 3.02. The van der Waals surface area contributed by atoms with Crippen LogP contribution in [0.3, 0.4) is 0 Å². The van der Waals surface area contributed by atoms with Gasteiger partial charge in [-0.2, -0.15) is 0 Å². The highest BCUT2D eigenvalue weighted by Crippen LogP contribution is 2.41. The van der Waals surface area contributed by atoms with Crippen LogP contribution in [-0.4, -0.2) is 55.5 Å². The normalized spacial score (nSPS) is 43.9. The van der Waals surface area contributed by atoms with E-state index in [0.717, 1.165) is 0 Å². The molecule has 3 aliphatic rings. The fourth-order valence-corrected chi connectivity index (χ4v) is 3.05. The van der Waals surface area contributed by atoms with Crippen LogP contribution in [-0.2, 0) is 28.4 Å². The van der Waals surface area contributed by atoms with Crippen LogP contribution in [0, 0.1) is 0 Å². The second-order valence-corrected chi connectivity index (χ2v) is 6.52. The molecule has 6 heteroatoms. The van der Waals surface area contributed by atoms with Gasteiger partial charge in [-0.1, -0.05) is 6.08 Å². The summed E-state index contributed by atoms with van der Waals surface area (Å²) in [6.45, 7) is 12.1. The van der Waals surface area contributed by atoms with Crippen molar-refractivity contribution in [2.24, 2.45) is 0 Å². The van der Waals surface area contributed by atoms with Gasteiger partial charge >= 0.3 is 0 Å². The van der Waals surface area contributed by atoms with Gasteiger partial charge < -0.3 is 28.4 Å². The topological polar surface area (TPSA) is 55.4 Å². The molecule has 120 valence electrons. The summed E-state index contributed by atoms with van der Waals surface area (Å²) in [4.78, 5) is 0. The molecule has 3 saturated heterocycles. The van der Waals surface area contributed by atoms with Gasteiger partial charge in [0.1, 0.15) is 24.4 Å². The molecule has 0 saturated carbocycles. The Bertz CT molecular complexity index is 407. The van der Waals surface area contributed by atoms with E-state index in [4.69, 9.17) is 28.4 Å². The van der Waals surface area contributed by atoms with E-state index in [2.05, 4.69) is 6.58 Å². The van der Waals surface area contributed by atoms with E-state index in [1.165, 1.54) is 0 Å². The van der Waals surface area contributed by atoms with Gasteiger partial charge in [0.05, 0.1) is 13.2 Å². The molecule has 3 rings (SSSR count). The average molecular weight is 300 g/mol. The molecule has 0 unspecified atom stereocenters. The van der Waals surface area contributed by atoms with E-state index in [0.29, 0.717) is 13.2 Å². The van der Waals surface area contributed by atoms with E-state index in [1.54, 1.807) is 6.08 Å². The number of ether oxygens (including phenoxy) is 6. The summed E-state index contributed by atoms with van der Waals surface area (Å²) in [7, 11) is 0. The summed E-state index contributed by atoms with van der Waals surface area (Å²) in [6, 6.07) is 0. The second-order valence-electron chi connectivity index (χ2n) is 6.52. The van der Waals surface area contributed by atoms with Gasteiger partial charge in [-0.25, -0.2) is 0 Å². The van der Waals surface area contributed by atoms with Gasteiger partial charge in [-0.3, -0.25) is 0 Å². The predicted octanol–water partition coefficient (Wildman–Crippen LogP) is 1.59. The summed E-state index contributed by atoms with van der Waals surface area (Å²) in [5.74, 6) is -1.27. The van der Waals surface area contributed by atoms with Crippen LogP contribution in [0.25, 0.3) is 0 Å². The van der Waals surface area contributed by atoms with Crippen molar-refractivity contribution in [2.45, 2.75) is 70.0 Å². The predicted molar refractivity (Wildman–Crippen MR) is 73.5 cm³/mol. The molecule has 0 bridgehead atoms. The number of hydrogen-bond donors (Lipinski definition) is 0. The van der Waals surface area contributed by atoms with Gasteiger partial charge in [0.2, 0.25) is 0 Å². The van der Waals surface area contributed by atoms with Crippen LogP contribution in [0.15, 0.2) is 12.7 Å². The molecule has 0 radical (unpaired) electrons. The highest BCUT2D eigenvalue weighted by Gasteiger charge is 2.58. The molecule has 0 N–H and O–H groups in total. The molecule has 5 atom stereocenters. The van der Waals surface area contributed by atoms with Crippen molar-refractivity contribution in [3.8, 4) is 0 Å². The zero-order chi connectivity index (χ0) is 15.3. The zero-order valence-electron chi connectivity index (χ0n) is 13.0. The van der Waals surface area contributed by atoms with Crippen LogP contribution in [0.2, 0.25) is 0 Å². The van der Waals surface area contributed by atoms with Crippen molar-refractivity contribution in [1.82, 2.24) is 0 Å². The zero-order valence-corrected chi connectivity index (χ0v) is 13.0. The molecule has 3 heterocycles. The Morgan fingerprint density at radius 1 is 1.10 bits per heavy atom. The lowest BCUT2D eigenvalue weighted by molar-refractivity contribution is -0.235. The molecule has 0 aromatic heterocycles. The minimum atomic E-state index is -0.664. The quantitative estimate of drug-likeness (QED) is 0.735. The monoisotopic (exact) mass is 300 g/mol. The molecule has 21 heavy (non-hydrogen) atoms. The van der Waals surface area contributed by atoms with Crippen molar-refractivity contribution in [3.63, 3.8) is 0 Å². The lowest BCUT2D eigenvalue weighted by Crippen LogP contribution is -2.44. The first-order chi connectivity index (χ1) is 9.81. The maximum atomic E-state index is 6.00. The molecule has 0 aromatic rings. The van der Waals surface area contributed by atoms with E-state index in [-0.39, 0.29) is 24.4 Å². The minimum absolute atomic E-state index is 0.198. The van der Waals surface area contributed by atoms with Crippen molar-refractivity contribution in [2.75, 3.05) is 13.2 Å². The molecule has 6 nitrogen and oxygen atoms in total. The van der Waals surface area contributed by atoms with E-state index < -0.39 is 17.9 Å². The third-order valence-electron chi connectivity index (χ3n) is 3.83. The highest BCUT2D eigenvalue weighted by atomic mass is 16.8. The van der Waals surface area contributed by atoms with Crippen LogP contribution in [0.4, 0.5) is 0 Å². The fourth-order valence-electron chi connectivity index (χ4n) is 3.05. The number of hydrogen-bond acceptors (Lipinski definition) is 6. The van der Waals surface area contributed by atoms with Crippen molar-refractivity contribution >= 4 is 0 Å². The lowest BCUT2D eigenvalue weighted by atomic mass is 10.1. The van der Waals surface area contributed by atoms with E-state index in [1.807, 2.05) is 27.7 Å². The SMILES string of the molecule is C=CCO[C@@H]1[C@H]2OC(C)(C)O[C@H]2O[C@@H]1[C@@H]1COC(C)(C)O1. The largest absolute Gasteiger partial charge is 0.368 e. The molecule has 0 spiro atoms. The molecular weight excluding hydrogens is 276 g/mol. The molecule has 3 fully saturated rings. The molecule has 0 aliphatic carbocycles. The first-order valence-corrected chi connectivity index (χ1v) is 7.37. The van der Waals surface area contributed by atoms with Crippen molar-refractivity contribution in [1.29, 1.82) is 0 Å². The Morgan fingerprint density at radius 2 is 1.86 bits per heavy atom. The summed E-state index contributed by atoms with van der Waals surface area (Å²) in [6.07, 6.45) is 0.261. The lowest BCUT2D eigenvalue weighted by Gasteiger charge is -2.28. The minimum Gasteiger partial charge on any atom is -0.368 e. The summed E-state index contributed by atoms with van der Waals surface area (Å²) < 4.78 is 35.1. The Morgan fingerprint density at radius 3 is 2.48 bits per heavy atom. The maximum Gasteiger partial charge on any atom is 0.190 e. The summed E-state index contributed by atoms with van der Waals surface area (Å²) in [5, 5.41) is 0. The maximum absolute atomic E-state index is 6.00. The van der Waals surface area contributed by atoms with Crippen LogP contribution in [0.5, 0.6) is 0 Å². The summed E-state index contributed by atoms with van der Waals surface area (Å²) >= 11 is 0. The van der Waals surface area contributed by atoms with Gasteiger partial charge in [0, 0.05) is 0 Å². The number of rotatable bonds is 4. The Kier molecular flexibility index (Phi) is 3.88. The van der Waals surface area contributed by atoms with Crippen LogP contribution < -0.4 is 0 Å². The van der Waals surface area contributed by atoms with Crippen LogP contribution in [0.1, 0.15) is 27.7 Å². The fraction of sp³-hybridized carbons (Fsp3) is 0.867. The Labute approximate surface area is 125 Å². The Balaban J connectivity index is 1.73. The van der Waals surface area contributed by atoms with Crippen LogP contribution >= 0.6 is 0 Å². The standard InChI is InChI=1S/C15H24O6/c1-6-7-16-11-10(9-8-17-14(2,3)19-9)18-13-12(11)20-15(4,5)21-13/h6,9-13H,1,7-8H2,2-5H3/t9-,10+,11-,12+,13+/m0/s1.